The maximum absolute atomic E-state index is 6.05. The average molecular weight is 276 g/mol. The van der Waals surface area contributed by atoms with E-state index in [1.54, 1.807) is 0 Å². The molecule has 3 rings (SSSR count). The van der Waals surface area contributed by atoms with Crippen molar-refractivity contribution in [3.63, 3.8) is 0 Å². The van der Waals surface area contributed by atoms with Crippen LogP contribution in [-0.4, -0.2) is 43.9 Å². The van der Waals surface area contributed by atoms with Gasteiger partial charge in [0.1, 0.15) is 5.75 Å². The third kappa shape index (κ3) is 2.43. The van der Waals surface area contributed by atoms with E-state index in [9.17, 15) is 0 Å². The predicted octanol–water partition coefficient (Wildman–Crippen LogP) is 1.73. The Morgan fingerprint density at radius 1 is 1.40 bits per heavy atom. The van der Waals surface area contributed by atoms with Crippen LogP contribution < -0.4 is 10.5 Å². The normalized spacial score (nSPS) is 26.6. The lowest BCUT2D eigenvalue weighted by Crippen LogP contribution is -2.42. The smallest absolute Gasteiger partial charge is 0.122 e. The Labute approximate surface area is 120 Å². The van der Waals surface area contributed by atoms with Crippen LogP contribution in [0, 0.1) is 0 Å². The molecule has 0 amide bonds. The van der Waals surface area contributed by atoms with Gasteiger partial charge in [0.2, 0.25) is 0 Å². The lowest BCUT2D eigenvalue weighted by molar-refractivity contribution is 0.0686. The van der Waals surface area contributed by atoms with Gasteiger partial charge < -0.3 is 15.2 Å². The zero-order valence-electron chi connectivity index (χ0n) is 12.3. The fourth-order valence-electron chi connectivity index (χ4n) is 3.44. The average Bonchev–Trinajstić information content (AvgIpc) is 3.07. The first-order valence-electron chi connectivity index (χ1n) is 7.50. The molecular weight excluding hydrogens is 252 g/mol. The van der Waals surface area contributed by atoms with Crippen molar-refractivity contribution in [2.24, 2.45) is 5.73 Å². The number of likely N-dealkylation sites (N-methyl/N-ethyl adjacent to an activating group) is 1. The second kappa shape index (κ2) is 5.72. The van der Waals surface area contributed by atoms with E-state index in [1.807, 2.05) is 0 Å². The second-order valence-electron chi connectivity index (χ2n) is 5.81. The molecule has 4 heteroatoms. The van der Waals surface area contributed by atoms with Crippen LogP contribution >= 0.6 is 0 Å². The van der Waals surface area contributed by atoms with Gasteiger partial charge in [-0.2, -0.15) is 0 Å². The van der Waals surface area contributed by atoms with Crippen LogP contribution in [0.1, 0.15) is 30.5 Å². The molecule has 2 heterocycles. The molecule has 2 aliphatic rings. The molecule has 2 aliphatic heterocycles. The highest BCUT2D eigenvalue weighted by Gasteiger charge is 2.32. The quantitative estimate of drug-likeness (QED) is 0.910. The zero-order valence-corrected chi connectivity index (χ0v) is 12.3. The van der Waals surface area contributed by atoms with E-state index in [4.69, 9.17) is 15.2 Å². The third-order valence-electron chi connectivity index (χ3n) is 4.67. The summed E-state index contributed by atoms with van der Waals surface area (Å²) in [5, 5.41) is 0. The third-order valence-corrected chi connectivity index (χ3v) is 4.67. The fourth-order valence-corrected chi connectivity index (χ4v) is 3.44. The molecule has 20 heavy (non-hydrogen) atoms. The first-order valence-corrected chi connectivity index (χ1v) is 7.50. The minimum atomic E-state index is 0.245. The van der Waals surface area contributed by atoms with Gasteiger partial charge in [0, 0.05) is 31.7 Å². The molecule has 0 bridgehead atoms. The van der Waals surface area contributed by atoms with Crippen molar-refractivity contribution in [1.82, 2.24) is 4.90 Å². The van der Waals surface area contributed by atoms with Crippen molar-refractivity contribution in [3.05, 3.63) is 29.3 Å². The van der Waals surface area contributed by atoms with Gasteiger partial charge in [-0.15, -0.1) is 0 Å². The van der Waals surface area contributed by atoms with E-state index >= 15 is 0 Å². The highest BCUT2D eigenvalue weighted by atomic mass is 16.5. The molecule has 0 aromatic heterocycles. The summed E-state index contributed by atoms with van der Waals surface area (Å²) in [7, 11) is 2.16. The van der Waals surface area contributed by atoms with Crippen LogP contribution in [0.5, 0.6) is 5.75 Å². The van der Waals surface area contributed by atoms with Crippen LogP contribution in [0.4, 0.5) is 0 Å². The molecule has 3 unspecified atom stereocenters. The lowest BCUT2D eigenvalue weighted by atomic mass is 9.99. The lowest BCUT2D eigenvalue weighted by Gasteiger charge is -2.34. The van der Waals surface area contributed by atoms with E-state index < -0.39 is 0 Å². The first kappa shape index (κ1) is 13.9. The first-order chi connectivity index (χ1) is 9.70. The van der Waals surface area contributed by atoms with E-state index in [0.717, 1.165) is 31.8 Å². The number of ether oxygens (including phenoxy) is 2. The largest absolute Gasteiger partial charge is 0.493 e. The summed E-state index contributed by atoms with van der Waals surface area (Å²) in [6.07, 6.45) is 2.38. The van der Waals surface area contributed by atoms with Gasteiger partial charge >= 0.3 is 0 Å². The number of fused-ring (bicyclic) bond motifs is 1. The second-order valence-corrected chi connectivity index (χ2v) is 5.81. The molecule has 1 saturated heterocycles. The number of rotatable bonds is 4. The van der Waals surface area contributed by atoms with Crippen molar-refractivity contribution in [3.8, 4) is 5.75 Å². The topological polar surface area (TPSA) is 47.7 Å². The summed E-state index contributed by atoms with van der Waals surface area (Å²) in [6.45, 7) is 4.43. The van der Waals surface area contributed by atoms with Gasteiger partial charge in [-0.1, -0.05) is 12.1 Å². The Balaban J connectivity index is 1.82. The maximum Gasteiger partial charge on any atom is 0.122 e. The van der Waals surface area contributed by atoms with Crippen LogP contribution in [0.3, 0.4) is 0 Å². The highest BCUT2D eigenvalue weighted by Crippen LogP contribution is 2.32. The van der Waals surface area contributed by atoms with Crippen molar-refractivity contribution < 1.29 is 9.47 Å². The summed E-state index contributed by atoms with van der Waals surface area (Å²) in [5.74, 6) is 1.03. The van der Waals surface area contributed by atoms with Crippen molar-refractivity contribution >= 4 is 0 Å². The van der Waals surface area contributed by atoms with E-state index in [1.165, 1.54) is 11.1 Å². The Kier molecular flexibility index (Phi) is 3.96. The minimum absolute atomic E-state index is 0.245. The fraction of sp³-hybridized carbons (Fsp3) is 0.625. The number of hydrogen-bond acceptors (Lipinski definition) is 4. The summed E-state index contributed by atoms with van der Waals surface area (Å²) in [4.78, 5) is 2.38. The highest BCUT2D eigenvalue weighted by molar-refractivity contribution is 5.41. The Morgan fingerprint density at radius 2 is 2.25 bits per heavy atom. The monoisotopic (exact) mass is 276 g/mol. The van der Waals surface area contributed by atoms with Gasteiger partial charge in [0.25, 0.3) is 0 Å². The molecule has 0 aliphatic carbocycles. The molecule has 1 aromatic carbocycles. The zero-order chi connectivity index (χ0) is 14.1. The van der Waals surface area contributed by atoms with E-state index in [-0.39, 0.29) is 12.1 Å². The number of hydrogen-bond donors (Lipinski definition) is 1. The molecule has 2 N–H and O–H groups in total. The minimum Gasteiger partial charge on any atom is -0.493 e. The van der Waals surface area contributed by atoms with Crippen LogP contribution in [0.2, 0.25) is 0 Å². The summed E-state index contributed by atoms with van der Waals surface area (Å²) in [6, 6.07) is 7.20. The Morgan fingerprint density at radius 3 is 2.95 bits per heavy atom. The van der Waals surface area contributed by atoms with Crippen molar-refractivity contribution in [2.45, 2.75) is 38.0 Å². The molecule has 110 valence electrons. The maximum atomic E-state index is 6.05. The molecule has 1 fully saturated rings. The standard InChI is InChI=1S/C16H24N2O2/c1-11-14(6-8-19-11)18(2)15(10-17)12-3-4-16-13(9-12)5-7-20-16/h3-4,9,11,14-15H,5-8,10,17H2,1-2H3. The molecule has 0 saturated carbocycles. The molecular formula is C16H24N2O2. The summed E-state index contributed by atoms with van der Waals surface area (Å²) in [5.41, 5.74) is 8.65. The molecule has 0 spiro atoms. The molecule has 3 atom stereocenters. The molecule has 1 aromatic rings. The number of nitrogens with two attached hydrogens (primary N) is 1. The Hall–Kier alpha value is -1.10. The van der Waals surface area contributed by atoms with E-state index in [0.29, 0.717) is 12.6 Å². The van der Waals surface area contributed by atoms with Gasteiger partial charge in [0.15, 0.2) is 0 Å². The van der Waals surface area contributed by atoms with Crippen molar-refractivity contribution in [1.29, 1.82) is 0 Å². The van der Waals surface area contributed by atoms with Crippen LogP contribution in [-0.2, 0) is 11.2 Å². The van der Waals surface area contributed by atoms with Gasteiger partial charge in [-0.3, -0.25) is 4.90 Å². The SMILES string of the molecule is CC1OCCC1N(C)C(CN)c1ccc2c(c1)CCO2. The van der Waals surface area contributed by atoms with Gasteiger partial charge in [-0.05, 0) is 37.6 Å². The molecule has 4 nitrogen and oxygen atoms in total. The van der Waals surface area contributed by atoms with Gasteiger partial charge in [-0.25, -0.2) is 0 Å². The Bertz CT molecular complexity index is 478. The molecule has 0 radical (unpaired) electrons. The summed E-state index contributed by atoms with van der Waals surface area (Å²) >= 11 is 0. The predicted molar refractivity (Wildman–Crippen MR) is 79.0 cm³/mol. The van der Waals surface area contributed by atoms with Crippen LogP contribution in [0.15, 0.2) is 18.2 Å². The number of benzene rings is 1. The van der Waals surface area contributed by atoms with Crippen LogP contribution in [0.25, 0.3) is 0 Å². The summed E-state index contributed by atoms with van der Waals surface area (Å²) < 4.78 is 11.3. The van der Waals surface area contributed by atoms with Crippen molar-refractivity contribution in [2.75, 3.05) is 26.8 Å². The van der Waals surface area contributed by atoms with Gasteiger partial charge in [0.05, 0.1) is 12.7 Å². The van der Waals surface area contributed by atoms with E-state index in [2.05, 4.69) is 37.1 Å². The number of nitrogens with zero attached hydrogens (tertiary/aromatic N) is 1.